The summed E-state index contributed by atoms with van der Waals surface area (Å²) in [5, 5.41) is 2.39. The van der Waals surface area contributed by atoms with E-state index in [0.717, 1.165) is 18.4 Å². The number of sulfone groups is 1. The van der Waals surface area contributed by atoms with Gasteiger partial charge >= 0.3 is 5.97 Å². The number of fused-ring (bicyclic) bond motifs is 1. The molecule has 1 amide bonds. The standard InChI is InChI=1S/C21H21NO5S/c23-20(19-13-14-5-1-4-8-18(14)21(24)27-19)22-15-9-11-17(12-10-15)28(25,26)16-6-2-3-7-16/h1,4-5,8-12,16,19H,2-3,6-7,13H2,(H,22,23)/t19-/m0/s1. The van der Waals surface area contributed by atoms with Crippen LogP contribution in [0.5, 0.6) is 0 Å². The lowest BCUT2D eigenvalue weighted by Gasteiger charge is -2.23. The van der Waals surface area contributed by atoms with Crippen LogP contribution in [-0.4, -0.2) is 31.6 Å². The first-order valence-corrected chi connectivity index (χ1v) is 10.9. The van der Waals surface area contributed by atoms with Crippen LogP contribution >= 0.6 is 0 Å². The van der Waals surface area contributed by atoms with E-state index in [1.54, 1.807) is 30.3 Å². The van der Waals surface area contributed by atoms with Gasteiger partial charge < -0.3 is 10.1 Å². The number of amides is 1. The molecule has 0 radical (unpaired) electrons. The van der Waals surface area contributed by atoms with Crippen LogP contribution < -0.4 is 5.32 Å². The first-order valence-electron chi connectivity index (χ1n) is 9.39. The highest BCUT2D eigenvalue weighted by Crippen LogP contribution is 2.30. The summed E-state index contributed by atoms with van der Waals surface area (Å²) in [6.07, 6.45) is 2.69. The number of carbonyl (C=O) groups is 2. The molecule has 1 aliphatic carbocycles. The number of hydrogen-bond donors (Lipinski definition) is 1. The second-order valence-corrected chi connectivity index (χ2v) is 9.45. The van der Waals surface area contributed by atoms with Gasteiger partial charge in [0.05, 0.1) is 15.7 Å². The molecule has 2 aromatic carbocycles. The number of esters is 1. The van der Waals surface area contributed by atoms with Gasteiger partial charge in [-0.3, -0.25) is 4.79 Å². The van der Waals surface area contributed by atoms with E-state index in [0.29, 0.717) is 30.5 Å². The van der Waals surface area contributed by atoms with E-state index in [-0.39, 0.29) is 10.1 Å². The van der Waals surface area contributed by atoms with Gasteiger partial charge in [-0.2, -0.15) is 0 Å². The maximum atomic E-state index is 12.6. The van der Waals surface area contributed by atoms with Crippen LogP contribution in [0.4, 0.5) is 5.69 Å². The van der Waals surface area contributed by atoms with E-state index >= 15 is 0 Å². The summed E-state index contributed by atoms with van der Waals surface area (Å²) in [6.45, 7) is 0. The molecule has 6 nitrogen and oxygen atoms in total. The number of cyclic esters (lactones) is 1. The van der Waals surface area contributed by atoms with Gasteiger partial charge in [0.1, 0.15) is 0 Å². The number of rotatable bonds is 4. The van der Waals surface area contributed by atoms with Gasteiger partial charge in [-0.05, 0) is 48.7 Å². The minimum absolute atomic E-state index is 0.274. The lowest BCUT2D eigenvalue weighted by Crippen LogP contribution is -2.37. The summed E-state index contributed by atoms with van der Waals surface area (Å²) in [7, 11) is -3.33. The molecule has 4 rings (SSSR count). The molecule has 1 fully saturated rings. The monoisotopic (exact) mass is 399 g/mol. The second kappa shape index (κ2) is 7.39. The Balaban J connectivity index is 1.45. The first kappa shape index (κ1) is 18.7. The molecule has 0 saturated heterocycles. The molecule has 1 heterocycles. The maximum absolute atomic E-state index is 12.6. The topological polar surface area (TPSA) is 89.5 Å². The predicted octanol–water partition coefficient (Wildman–Crippen LogP) is 3.12. The van der Waals surface area contributed by atoms with Gasteiger partial charge in [-0.15, -0.1) is 0 Å². The zero-order valence-corrected chi connectivity index (χ0v) is 16.1. The molecule has 1 saturated carbocycles. The average Bonchev–Trinajstić information content (AvgIpc) is 3.24. The lowest BCUT2D eigenvalue weighted by molar-refractivity contribution is -0.125. The summed E-state index contributed by atoms with van der Waals surface area (Å²) >= 11 is 0. The third kappa shape index (κ3) is 3.54. The molecule has 1 atom stereocenters. The van der Waals surface area contributed by atoms with Gasteiger partial charge in [0.2, 0.25) is 0 Å². The highest BCUT2D eigenvalue weighted by Gasteiger charge is 2.32. The molecule has 0 bridgehead atoms. The van der Waals surface area contributed by atoms with E-state index in [9.17, 15) is 18.0 Å². The highest BCUT2D eigenvalue weighted by molar-refractivity contribution is 7.92. The Kier molecular flexibility index (Phi) is 4.93. The van der Waals surface area contributed by atoms with Gasteiger partial charge in [-0.1, -0.05) is 31.0 Å². The number of hydrogen-bond acceptors (Lipinski definition) is 5. The second-order valence-electron chi connectivity index (χ2n) is 7.22. The minimum Gasteiger partial charge on any atom is -0.448 e. The van der Waals surface area contributed by atoms with Gasteiger partial charge in [-0.25, -0.2) is 13.2 Å². The number of ether oxygens (including phenoxy) is 1. The zero-order chi connectivity index (χ0) is 19.7. The Hall–Kier alpha value is -2.67. The van der Waals surface area contributed by atoms with Crippen LogP contribution in [0, 0.1) is 0 Å². The van der Waals surface area contributed by atoms with E-state index < -0.39 is 27.8 Å². The largest absolute Gasteiger partial charge is 0.448 e. The lowest BCUT2D eigenvalue weighted by atomic mass is 9.98. The molecule has 2 aliphatic rings. The van der Waals surface area contributed by atoms with E-state index in [2.05, 4.69) is 5.32 Å². The quantitative estimate of drug-likeness (QED) is 0.798. The van der Waals surface area contributed by atoms with Crippen molar-refractivity contribution in [3.05, 3.63) is 59.7 Å². The SMILES string of the molecule is O=C1O[C@H](C(=O)Nc2ccc(S(=O)(=O)C3CCCC3)cc2)Cc2ccccc21. The molecule has 0 spiro atoms. The van der Waals surface area contributed by atoms with Crippen molar-refractivity contribution in [2.75, 3.05) is 5.32 Å². The Morgan fingerprint density at radius 3 is 2.39 bits per heavy atom. The van der Waals surface area contributed by atoms with Crippen molar-refractivity contribution in [2.45, 2.75) is 48.4 Å². The fourth-order valence-corrected chi connectivity index (χ4v) is 5.67. The number of anilines is 1. The van der Waals surface area contributed by atoms with Crippen LogP contribution in [0.15, 0.2) is 53.4 Å². The molecule has 0 aromatic heterocycles. The molecule has 28 heavy (non-hydrogen) atoms. The van der Waals surface area contributed by atoms with E-state index in [1.165, 1.54) is 12.1 Å². The van der Waals surface area contributed by atoms with Crippen LogP contribution in [0.3, 0.4) is 0 Å². The third-order valence-corrected chi connectivity index (χ3v) is 7.65. The molecule has 1 aliphatic heterocycles. The maximum Gasteiger partial charge on any atom is 0.339 e. The Bertz CT molecular complexity index is 1010. The molecule has 1 N–H and O–H groups in total. The summed E-state index contributed by atoms with van der Waals surface area (Å²) in [6, 6.07) is 13.2. The predicted molar refractivity (Wildman–Crippen MR) is 104 cm³/mol. The number of nitrogens with one attached hydrogen (secondary N) is 1. The van der Waals surface area contributed by atoms with Gasteiger partial charge in [0, 0.05) is 12.1 Å². The number of benzene rings is 2. The molecular formula is C21H21NO5S. The van der Waals surface area contributed by atoms with Gasteiger partial charge in [0.15, 0.2) is 15.9 Å². The summed E-state index contributed by atoms with van der Waals surface area (Å²) in [5.74, 6) is -0.950. The Morgan fingerprint density at radius 2 is 1.68 bits per heavy atom. The molecule has 0 unspecified atom stereocenters. The molecule has 2 aromatic rings. The minimum atomic E-state index is -3.33. The fraction of sp³-hybridized carbons (Fsp3) is 0.333. The summed E-state index contributed by atoms with van der Waals surface area (Å²) < 4.78 is 30.5. The van der Waals surface area contributed by atoms with Crippen LogP contribution in [0.25, 0.3) is 0 Å². The van der Waals surface area contributed by atoms with Crippen LogP contribution in [0.2, 0.25) is 0 Å². The normalized spacial score (nSPS) is 19.7. The van der Waals surface area contributed by atoms with Crippen molar-refractivity contribution in [3.63, 3.8) is 0 Å². The molecule has 146 valence electrons. The van der Waals surface area contributed by atoms with Crippen molar-refractivity contribution in [3.8, 4) is 0 Å². The smallest absolute Gasteiger partial charge is 0.339 e. The van der Waals surface area contributed by atoms with Crippen molar-refractivity contribution < 1.29 is 22.7 Å². The summed E-state index contributed by atoms with van der Waals surface area (Å²) in [4.78, 5) is 24.8. The van der Waals surface area contributed by atoms with Crippen LogP contribution in [-0.2, 0) is 25.8 Å². The average molecular weight is 399 g/mol. The Labute approximate surface area is 163 Å². The third-order valence-electron chi connectivity index (χ3n) is 5.38. The highest BCUT2D eigenvalue weighted by atomic mass is 32.2. The van der Waals surface area contributed by atoms with Crippen molar-refractivity contribution in [1.82, 2.24) is 0 Å². The fourth-order valence-electron chi connectivity index (χ4n) is 3.82. The van der Waals surface area contributed by atoms with Crippen molar-refractivity contribution in [1.29, 1.82) is 0 Å². The van der Waals surface area contributed by atoms with Crippen LogP contribution in [0.1, 0.15) is 41.6 Å². The van der Waals surface area contributed by atoms with Crippen molar-refractivity contribution in [2.24, 2.45) is 0 Å². The molecular weight excluding hydrogens is 378 g/mol. The molecule has 7 heteroatoms. The van der Waals surface area contributed by atoms with E-state index in [4.69, 9.17) is 4.74 Å². The van der Waals surface area contributed by atoms with Crippen molar-refractivity contribution >= 4 is 27.4 Å². The van der Waals surface area contributed by atoms with E-state index in [1.807, 2.05) is 6.07 Å². The Morgan fingerprint density at radius 1 is 1.00 bits per heavy atom. The zero-order valence-electron chi connectivity index (χ0n) is 15.3. The number of carbonyl (C=O) groups excluding carboxylic acids is 2. The first-order chi connectivity index (χ1) is 13.4. The summed E-state index contributed by atoms with van der Waals surface area (Å²) in [5.41, 5.74) is 1.72. The van der Waals surface area contributed by atoms with Gasteiger partial charge in [0.25, 0.3) is 5.91 Å².